The van der Waals surface area contributed by atoms with Gasteiger partial charge in [0.1, 0.15) is 11.6 Å². The maximum Gasteiger partial charge on any atom is 0.126 e. The average Bonchev–Trinajstić information content (AvgIpc) is 2.22. The molecule has 0 aromatic heterocycles. The van der Waals surface area contributed by atoms with Crippen molar-refractivity contribution in [3.63, 3.8) is 0 Å². The summed E-state index contributed by atoms with van der Waals surface area (Å²) in [6.45, 7) is 4.26. The fourth-order valence-corrected chi connectivity index (χ4v) is 1.71. The van der Waals surface area contributed by atoms with Crippen molar-refractivity contribution in [3.8, 4) is 0 Å². The van der Waals surface area contributed by atoms with E-state index in [0.29, 0.717) is 18.0 Å². The van der Waals surface area contributed by atoms with Gasteiger partial charge >= 0.3 is 0 Å². The summed E-state index contributed by atoms with van der Waals surface area (Å²) in [7, 11) is 0. The van der Waals surface area contributed by atoms with Crippen LogP contribution in [0.4, 0.5) is 8.78 Å². The van der Waals surface area contributed by atoms with Crippen LogP contribution < -0.4 is 0 Å². The lowest BCUT2D eigenvalue weighted by Gasteiger charge is -2.19. The monoisotopic (exact) mass is 247 g/mol. The van der Waals surface area contributed by atoms with Gasteiger partial charge in [-0.25, -0.2) is 8.78 Å². The van der Waals surface area contributed by atoms with Crippen LogP contribution >= 0.6 is 11.6 Å². The Morgan fingerprint density at radius 1 is 1.19 bits per heavy atom. The van der Waals surface area contributed by atoms with Crippen molar-refractivity contribution in [1.29, 1.82) is 0 Å². The average molecular weight is 248 g/mol. The van der Waals surface area contributed by atoms with E-state index in [1.54, 1.807) is 0 Å². The lowest BCUT2D eigenvalue weighted by atomic mass is 10.2. The summed E-state index contributed by atoms with van der Waals surface area (Å²) < 4.78 is 25.9. The highest BCUT2D eigenvalue weighted by Gasteiger charge is 2.06. The van der Waals surface area contributed by atoms with Crippen molar-refractivity contribution in [2.75, 3.05) is 19.0 Å². The molecule has 0 bridgehead atoms. The molecule has 0 radical (unpaired) electrons. The highest BCUT2D eigenvalue weighted by atomic mass is 35.5. The van der Waals surface area contributed by atoms with Crippen LogP contribution in [0.1, 0.15) is 18.9 Å². The first-order chi connectivity index (χ1) is 7.65. The molecule has 0 saturated heterocycles. The van der Waals surface area contributed by atoms with Gasteiger partial charge in [0, 0.05) is 18.5 Å². The molecule has 0 N–H and O–H groups in total. The van der Waals surface area contributed by atoms with Crippen LogP contribution in [0.3, 0.4) is 0 Å². The lowest BCUT2D eigenvalue weighted by molar-refractivity contribution is 0.280. The SMILES string of the molecule is CCN(CCCCl)Cc1cc(F)cc(F)c1. The second-order valence-corrected chi connectivity index (χ2v) is 4.07. The smallest absolute Gasteiger partial charge is 0.126 e. The summed E-state index contributed by atoms with van der Waals surface area (Å²) in [4.78, 5) is 2.11. The summed E-state index contributed by atoms with van der Waals surface area (Å²) in [6.07, 6.45) is 0.882. The Labute approximate surface area is 100 Å². The Morgan fingerprint density at radius 3 is 2.31 bits per heavy atom. The minimum absolute atomic E-state index is 0.525. The van der Waals surface area contributed by atoms with Gasteiger partial charge in [0.05, 0.1) is 0 Å². The predicted molar refractivity (Wildman–Crippen MR) is 62.6 cm³/mol. The number of hydrogen-bond donors (Lipinski definition) is 0. The molecule has 1 rings (SSSR count). The van der Waals surface area contributed by atoms with Crippen LogP contribution in [0.5, 0.6) is 0 Å². The van der Waals surface area contributed by atoms with E-state index in [9.17, 15) is 8.78 Å². The largest absolute Gasteiger partial charge is 0.299 e. The molecule has 0 unspecified atom stereocenters. The van der Waals surface area contributed by atoms with Gasteiger partial charge in [0.15, 0.2) is 0 Å². The Balaban J connectivity index is 2.62. The molecule has 0 heterocycles. The fraction of sp³-hybridized carbons (Fsp3) is 0.500. The van der Waals surface area contributed by atoms with Crippen LogP contribution in [-0.4, -0.2) is 23.9 Å². The van der Waals surface area contributed by atoms with Crippen LogP contribution in [-0.2, 0) is 6.54 Å². The third-order valence-electron chi connectivity index (χ3n) is 2.38. The topological polar surface area (TPSA) is 3.24 Å². The van der Waals surface area contributed by atoms with E-state index in [2.05, 4.69) is 4.90 Å². The van der Waals surface area contributed by atoms with Crippen LogP contribution in [0.2, 0.25) is 0 Å². The number of hydrogen-bond acceptors (Lipinski definition) is 1. The quantitative estimate of drug-likeness (QED) is 0.697. The number of alkyl halides is 1. The van der Waals surface area contributed by atoms with Gasteiger partial charge < -0.3 is 0 Å². The molecule has 0 fully saturated rings. The van der Waals surface area contributed by atoms with E-state index >= 15 is 0 Å². The number of rotatable bonds is 6. The first-order valence-corrected chi connectivity index (χ1v) is 5.92. The molecule has 0 atom stereocenters. The van der Waals surface area contributed by atoms with E-state index in [0.717, 1.165) is 25.6 Å². The van der Waals surface area contributed by atoms with Crippen LogP contribution in [0, 0.1) is 11.6 Å². The summed E-state index contributed by atoms with van der Waals surface area (Å²) in [5, 5.41) is 0. The predicted octanol–water partition coefficient (Wildman–Crippen LogP) is 3.42. The van der Waals surface area contributed by atoms with E-state index in [-0.39, 0.29) is 0 Å². The molecule has 0 aliphatic rings. The number of halogens is 3. The Hall–Kier alpha value is -0.670. The number of nitrogens with zero attached hydrogens (tertiary/aromatic N) is 1. The highest BCUT2D eigenvalue weighted by Crippen LogP contribution is 2.10. The Bertz CT molecular complexity index is 311. The second kappa shape index (κ2) is 6.81. The molecule has 1 nitrogen and oxygen atoms in total. The van der Waals surface area contributed by atoms with E-state index in [4.69, 9.17) is 11.6 Å². The maximum atomic E-state index is 13.0. The zero-order valence-electron chi connectivity index (χ0n) is 9.35. The lowest BCUT2D eigenvalue weighted by Crippen LogP contribution is -2.24. The van der Waals surface area contributed by atoms with Gasteiger partial charge in [-0.05, 0) is 37.2 Å². The van der Waals surface area contributed by atoms with Crippen molar-refractivity contribution < 1.29 is 8.78 Å². The van der Waals surface area contributed by atoms with Gasteiger partial charge in [-0.1, -0.05) is 6.92 Å². The van der Waals surface area contributed by atoms with Crippen LogP contribution in [0.15, 0.2) is 18.2 Å². The molecule has 0 spiro atoms. The van der Waals surface area contributed by atoms with E-state index in [1.165, 1.54) is 12.1 Å². The first kappa shape index (κ1) is 13.4. The molecule has 0 saturated carbocycles. The Kier molecular flexibility index (Phi) is 5.71. The fourth-order valence-electron chi connectivity index (χ4n) is 1.59. The Morgan fingerprint density at radius 2 is 1.81 bits per heavy atom. The van der Waals surface area contributed by atoms with Crippen molar-refractivity contribution in [1.82, 2.24) is 4.90 Å². The molecule has 90 valence electrons. The number of benzene rings is 1. The van der Waals surface area contributed by atoms with Gasteiger partial charge in [0.2, 0.25) is 0 Å². The zero-order valence-corrected chi connectivity index (χ0v) is 10.1. The van der Waals surface area contributed by atoms with Crippen molar-refractivity contribution in [3.05, 3.63) is 35.4 Å². The third-order valence-corrected chi connectivity index (χ3v) is 2.65. The molecular weight excluding hydrogens is 232 g/mol. The summed E-state index contributed by atoms with van der Waals surface area (Å²) >= 11 is 5.61. The van der Waals surface area contributed by atoms with Crippen molar-refractivity contribution >= 4 is 11.6 Å². The van der Waals surface area contributed by atoms with Gasteiger partial charge in [-0.15, -0.1) is 11.6 Å². The molecular formula is C12H16ClF2N. The molecule has 1 aromatic carbocycles. The molecule has 16 heavy (non-hydrogen) atoms. The highest BCUT2D eigenvalue weighted by molar-refractivity contribution is 6.17. The van der Waals surface area contributed by atoms with Crippen molar-refractivity contribution in [2.24, 2.45) is 0 Å². The summed E-state index contributed by atoms with van der Waals surface area (Å²) in [5.41, 5.74) is 0.661. The van der Waals surface area contributed by atoms with Crippen molar-refractivity contribution in [2.45, 2.75) is 19.9 Å². The maximum absolute atomic E-state index is 13.0. The molecule has 0 aliphatic heterocycles. The van der Waals surface area contributed by atoms with Crippen LogP contribution in [0.25, 0.3) is 0 Å². The van der Waals surface area contributed by atoms with Gasteiger partial charge in [-0.3, -0.25) is 4.90 Å². The van der Waals surface area contributed by atoms with E-state index < -0.39 is 11.6 Å². The second-order valence-electron chi connectivity index (χ2n) is 3.69. The van der Waals surface area contributed by atoms with Gasteiger partial charge in [0.25, 0.3) is 0 Å². The molecule has 0 aliphatic carbocycles. The summed E-state index contributed by atoms with van der Waals surface area (Å²) in [6, 6.07) is 3.62. The van der Waals surface area contributed by atoms with Gasteiger partial charge in [-0.2, -0.15) is 0 Å². The third kappa shape index (κ3) is 4.45. The van der Waals surface area contributed by atoms with E-state index in [1.807, 2.05) is 6.92 Å². The molecule has 4 heteroatoms. The summed E-state index contributed by atoms with van der Waals surface area (Å²) in [5.74, 6) is -0.444. The molecule has 1 aromatic rings. The normalized spacial score (nSPS) is 11.1. The zero-order chi connectivity index (χ0) is 12.0. The standard InChI is InChI=1S/C12H16ClF2N/c1-2-16(5-3-4-13)9-10-6-11(14)8-12(15)7-10/h6-8H,2-5,9H2,1H3. The molecule has 0 amide bonds. The minimum atomic E-state index is -0.525. The first-order valence-electron chi connectivity index (χ1n) is 5.39. The minimum Gasteiger partial charge on any atom is -0.299 e.